The molecule has 1 atom stereocenters. The van der Waals surface area contributed by atoms with Crippen molar-refractivity contribution in [1.29, 1.82) is 0 Å². The van der Waals surface area contributed by atoms with Crippen molar-refractivity contribution in [3.8, 4) is 0 Å². The van der Waals surface area contributed by atoms with Crippen molar-refractivity contribution in [2.45, 2.75) is 52.4 Å². The van der Waals surface area contributed by atoms with Crippen LogP contribution >= 0.6 is 0 Å². The van der Waals surface area contributed by atoms with Crippen LogP contribution < -0.4 is 10.0 Å². The fourth-order valence-corrected chi connectivity index (χ4v) is 4.17. The Bertz CT molecular complexity index is 324. The third kappa shape index (κ3) is 7.28. The third-order valence-corrected chi connectivity index (χ3v) is 5.57. The van der Waals surface area contributed by atoms with E-state index in [1.54, 1.807) is 0 Å². The quantitative estimate of drug-likeness (QED) is 0.684. The van der Waals surface area contributed by atoms with Crippen LogP contribution in [0.3, 0.4) is 0 Å². The molecule has 0 saturated carbocycles. The van der Waals surface area contributed by atoms with Crippen LogP contribution in [0.25, 0.3) is 0 Å². The van der Waals surface area contributed by atoms with Crippen molar-refractivity contribution < 1.29 is 8.42 Å². The van der Waals surface area contributed by atoms with Gasteiger partial charge in [-0.3, -0.25) is 0 Å². The molecule has 19 heavy (non-hydrogen) atoms. The largest absolute Gasteiger partial charge is 0.317 e. The Morgan fingerprint density at radius 3 is 2.53 bits per heavy atom. The molecule has 4 nitrogen and oxygen atoms in total. The molecule has 1 fully saturated rings. The minimum absolute atomic E-state index is 0.304. The van der Waals surface area contributed by atoms with Gasteiger partial charge < -0.3 is 5.32 Å². The van der Waals surface area contributed by atoms with Gasteiger partial charge in [-0.05, 0) is 44.2 Å². The van der Waals surface area contributed by atoms with E-state index < -0.39 is 10.0 Å². The van der Waals surface area contributed by atoms with E-state index in [4.69, 9.17) is 0 Å². The van der Waals surface area contributed by atoms with E-state index >= 15 is 0 Å². The Morgan fingerprint density at radius 1 is 1.26 bits per heavy atom. The molecule has 0 radical (unpaired) electrons. The first kappa shape index (κ1) is 16.9. The van der Waals surface area contributed by atoms with Crippen LogP contribution in [0.15, 0.2) is 0 Å². The molecule has 0 aromatic heterocycles. The first-order valence-electron chi connectivity index (χ1n) is 7.75. The van der Waals surface area contributed by atoms with Crippen LogP contribution in [-0.4, -0.2) is 33.8 Å². The molecule has 0 aromatic rings. The summed E-state index contributed by atoms with van der Waals surface area (Å²) in [7, 11) is -3.09. The van der Waals surface area contributed by atoms with Crippen molar-refractivity contribution in [3.63, 3.8) is 0 Å². The Labute approximate surface area is 118 Å². The van der Waals surface area contributed by atoms with Crippen LogP contribution in [0.4, 0.5) is 0 Å². The highest BCUT2D eigenvalue weighted by molar-refractivity contribution is 7.89. The summed E-state index contributed by atoms with van der Waals surface area (Å²) in [5.74, 6) is 1.12. The Morgan fingerprint density at radius 2 is 1.95 bits per heavy atom. The maximum absolute atomic E-state index is 12.1. The number of hydrogen-bond acceptors (Lipinski definition) is 3. The van der Waals surface area contributed by atoms with Gasteiger partial charge in [-0.2, -0.15) is 0 Å². The zero-order valence-electron chi connectivity index (χ0n) is 12.5. The highest BCUT2D eigenvalue weighted by atomic mass is 32.2. The van der Waals surface area contributed by atoms with E-state index in [-0.39, 0.29) is 0 Å². The number of rotatable bonds is 9. The van der Waals surface area contributed by atoms with E-state index in [1.807, 2.05) is 0 Å². The van der Waals surface area contributed by atoms with Gasteiger partial charge in [0.2, 0.25) is 10.0 Å². The van der Waals surface area contributed by atoms with Crippen LogP contribution in [0.2, 0.25) is 0 Å². The Hall–Kier alpha value is -0.130. The lowest BCUT2D eigenvalue weighted by Crippen LogP contribution is -2.37. The summed E-state index contributed by atoms with van der Waals surface area (Å²) in [6.45, 7) is 6.84. The van der Waals surface area contributed by atoms with Gasteiger partial charge in [0.15, 0.2) is 0 Å². The molecule has 114 valence electrons. The molecule has 1 unspecified atom stereocenters. The minimum Gasteiger partial charge on any atom is -0.317 e. The van der Waals surface area contributed by atoms with E-state index in [9.17, 15) is 8.42 Å². The SMILES string of the molecule is CCCCC(CC)CNS(=O)(=O)CC1CCNCC1. The molecule has 5 heteroatoms. The summed E-state index contributed by atoms with van der Waals surface area (Å²) < 4.78 is 26.9. The molecule has 1 rings (SSSR count). The normalized spacial score (nSPS) is 19.5. The molecule has 0 aromatic carbocycles. The average Bonchev–Trinajstić information content (AvgIpc) is 2.39. The second-order valence-electron chi connectivity index (χ2n) is 5.74. The molecule has 0 bridgehead atoms. The predicted molar refractivity (Wildman–Crippen MR) is 80.7 cm³/mol. The predicted octanol–water partition coefficient (Wildman–Crippen LogP) is 2.12. The summed E-state index contributed by atoms with van der Waals surface area (Å²) in [6.07, 6.45) is 6.51. The fourth-order valence-electron chi connectivity index (χ4n) is 2.61. The molecule has 1 heterocycles. The molecule has 0 aliphatic carbocycles. The summed E-state index contributed by atoms with van der Waals surface area (Å²) in [5, 5.41) is 3.27. The number of nitrogens with one attached hydrogen (secondary N) is 2. The van der Waals surface area contributed by atoms with Gasteiger partial charge in [0.05, 0.1) is 5.75 Å². The smallest absolute Gasteiger partial charge is 0.211 e. The average molecular weight is 290 g/mol. The van der Waals surface area contributed by atoms with Gasteiger partial charge in [-0.1, -0.05) is 33.1 Å². The lowest BCUT2D eigenvalue weighted by molar-refractivity contribution is 0.397. The van der Waals surface area contributed by atoms with Crippen LogP contribution in [0, 0.1) is 11.8 Å². The highest BCUT2D eigenvalue weighted by Gasteiger charge is 2.21. The second kappa shape index (κ2) is 8.93. The summed E-state index contributed by atoms with van der Waals surface area (Å²) >= 11 is 0. The van der Waals surface area contributed by atoms with Crippen LogP contribution in [0.1, 0.15) is 52.4 Å². The van der Waals surface area contributed by atoms with Gasteiger partial charge in [-0.15, -0.1) is 0 Å². The number of sulfonamides is 1. The van der Waals surface area contributed by atoms with E-state index in [0.717, 1.165) is 38.8 Å². The van der Waals surface area contributed by atoms with Crippen LogP contribution in [-0.2, 0) is 10.0 Å². The number of hydrogen-bond donors (Lipinski definition) is 2. The molecule has 2 N–H and O–H groups in total. The van der Waals surface area contributed by atoms with Gasteiger partial charge in [0.25, 0.3) is 0 Å². The highest BCUT2D eigenvalue weighted by Crippen LogP contribution is 2.15. The van der Waals surface area contributed by atoms with Gasteiger partial charge in [0.1, 0.15) is 0 Å². The summed E-state index contributed by atoms with van der Waals surface area (Å²) in [5.41, 5.74) is 0. The van der Waals surface area contributed by atoms with Crippen molar-refractivity contribution in [1.82, 2.24) is 10.0 Å². The van der Waals surface area contributed by atoms with Crippen molar-refractivity contribution >= 4 is 10.0 Å². The summed E-state index contributed by atoms with van der Waals surface area (Å²) in [6, 6.07) is 0. The molecule has 1 aliphatic heterocycles. The maximum Gasteiger partial charge on any atom is 0.211 e. The van der Waals surface area contributed by atoms with E-state index in [1.165, 1.54) is 12.8 Å². The molecular weight excluding hydrogens is 260 g/mol. The molecule has 1 aliphatic rings. The van der Waals surface area contributed by atoms with E-state index in [2.05, 4.69) is 23.9 Å². The zero-order chi connectivity index (χ0) is 14.1. The molecule has 0 amide bonds. The number of piperidine rings is 1. The van der Waals surface area contributed by atoms with Gasteiger partial charge in [-0.25, -0.2) is 13.1 Å². The lowest BCUT2D eigenvalue weighted by atomic mass is 10.00. The topological polar surface area (TPSA) is 58.2 Å². The fraction of sp³-hybridized carbons (Fsp3) is 1.00. The second-order valence-corrected chi connectivity index (χ2v) is 7.59. The monoisotopic (exact) mass is 290 g/mol. The van der Waals surface area contributed by atoms with Gasteiger partial charge >= 0.3 is 0 Å². The van der Waals surface area contributed by atoms with Crippen molar-refractivity contribution in [2.24, 2.45) is 11.8 Å². The van der Waals surface area contributed by atoms with E-state index in [0.29, 0.717) is 24.1 Å². The first-order valence-corrected chi connectivity index (χ1v) is 9.40. The molecule has 0 spiro atoms. The molecule has 1 saturated heterocycles. The third-order valence-electron chi connectivity index (χ3n) is 4.05. The van der Waals surface area contributed by atoms with Crippen LogP contribution in [0.5, 0.6) is 0 Å². The Kier molecular flexibility index (Phi) is 7.95. The maximum atomic E-state index is 12.1. The van der Waals surface area contributed by atoms with Gasteiger partial charge in [0, 0.05) is 6.54 Å². The standard InChI is InChI=1S/C14H30N2O2S/c1-3-5-6-13(4-2)11-16-19(17,18)12-14-7-9-15-10-8-14/h13-16H,3-12H2,1-2H3. The molecular formula is C14H30N2O2S. The zero-order valence-corrected chi connectivity index (χ0v) is 13.3. The van der Waals surface area contributed by atoms with Crippen molar-refractivity contribution in [3.05, 3.63) is 0 Å². The Balaban J connectivity index is 2.32. The lowest BCUT2D eigenvalue weighted by Gasteiger charge is -2.23. The summed E-state index contributed by atoms with van der Waals surface area (Å²) in [4.78, 5) is 0. The van der Waals surface area contributed by atoms with Crippen molar-refractivity contribution in [2.75, 3.05) is 25.4 Å². The first-order chi connectivity index (χ1) is 9.07. The minimum atomic E-state index is -3.09. The number of unbranched alkanes of at least 4 members (excludes halogenated alkanes) is 1.